The molecule has 0 bridgehead atoms. The van der Waals surface area contributed by atoms with E-state index in [-0.39, 0.29) is 5.92 Å². The molecule has 2 rings (SSSR count). The van der Waals surface area contributed by atoms with Gasteiger partial charge >= 0.3 is 5.97 Å². The van der Waals surface area contributed by atoms with E-state index in [4.69, 9.17) is 0 Å². The summed E-state index contributed by atoms with van der Waals surface area (Å²) in [6.07, 6.45) is 7.93. The molecular formula is C18H24F2O2. The average molecular weight is 310 g/mol. The summed E-state index contributed by atoms with van der Waals surface area (Å²) in [6.45, 7) is 3.33. The highest BCUT2D eigenvalue weighted by molar-refractivity contribution is 5.69. The maximum Gasteiger partial charge on any atom is 0.308 e. The number of hydrogen-bond donors (Lipinski definition) is 0. The van der Waals surface area contributed by atoms with Gasteiger partial charge in [0, 0.05) is 6.92 Å². The van der Waals surface area contributed by atoms with Crippen LogP contribution in [0.25, 0.3) is 0 Å². The average Bonchev–Trinajstić information content (AvgIpc) is 2.49. The van der Waals surface area contributed by atoms with Crippen LogP contribution < -0.4 is 4.74 Å². The Bertz CT molecular complexity index is 497. The van der Waals surface area contributed by atoms with Crippen LogP contribution in [0.1, 0.15) is 70.3 Å². The van der Waals surface area contributed by atoms with Gasteiger partial charge in [-0.2, -0.15) is 0 Å². The SMILES string of the molecule is CCCC[C@H]1CC[C@H](c2cc(F)c(OC(C)=O)c(F)c2)CC1. The van der Waals surface area contributed by atoms with Crippen LogP contribution in [0.2, 0.25) is 0 Å². The molecule has 0 saturated heterocycles. The van der Waals surface area contributed by atoms with Crippen LogP contribution in [0.15, 0.2) is 12.1 Å². The number of carbonyl (C=O) groups excluding carboxylic acids is 1. The smallest absolute Gasteiger partial charge is 0.308 e. The van der Waals surface area contributed by atoms with Gasteiger partial charge < -0.3 is 4.74 Å². The normalized spacial score (nSPS) is 21.6. The number of hydrogen-bond acceptors (Lipinski definition) is 2. The molecule has 4 heteroatoms. The summed E-state index contributed by atoms with van der Waals surface area (Å²) in [5.41, 5.74) is 0.680. The minimum absolute atomic E-state index is 0.202. The lowest BCUT2D eigenvalue weighted by Crippen LogP contribution is -2.14. The first kappa shape index (κ1) is 16.9. The molecule has 0 aromatic heterocycles. The van der Waals surface area contributed by atoms with Gasteiger partial charge in [-0.15, -0.1) is 0 Å². The van der Waals surface area contributed by atoms with Gasteiger partial charge in [0.15, 0.2) is 11.6 Å². The third-order valence-corrected chi connectivity index (χ3v) is 4.55. The molecule has 1 saturated carbocycles. The lowest BCUT2D eigenvalue weighted by molar-refractivity contribution is -0.132. The maximum atomic E-state index is 14.0. The molecule has 0 heterocycles. The Hall–Kier alpha value is -1.45. The fourth-order valence-electron chi connectivity index (χ4n) is 3.33. The number of carbonyl (C=O) groups is 1. The van der Waals surface area contributed by atoms with E-state index in [1.165, 1.54) is 31.4 Å². The zero-order valence-corrected chi connectivity index (χ0v) is 13.3. The van der Waals surface area contributed by atoms with E-state index < -0.39 is 23.4 Å². The number of unbranched alkanes of at least 4 members (excludes halogenated alkanes) is 1. The Morgan fingerprint density at radius 3 is 2.27 bits per heavy atom. The molecule has 22 heavy (non-hydrogen) atoms. The van der Waals surface area contributed by atoms with Gasteiger partial charge in [0.1, 0.15) is 0 Å². The Balaban J connectivity index is 2.03. The van der Waals surface area contributed by atoms with Crippen LogP contribution in [-0.2, 0) is 4.79 Å². The summed E-state index contributed by atoms with van der Waals surface area (Å²) >= 11 is 0. The molecule has 1 fully saturated rings. The maximum absolute atomic E-state index is 14.0. The summed E-state index contributed by atoms with van der Waals surface area (Å²) in [6, 6.07) is 2.64. The third-order valence-electron chi connectivity index (χ3n) is 4.55. The third kappa shape index (κ3) is 4.28. The monoisotopic (exact) mass is 310 g/mol. The van der Waals surface area contributed by atoms with Gasteiger partial charge in [-0.3, -0.25) is 4.79 Å². The Morgan fingerprint density at radius 1 is 1.18 bits per heavy atom. The molecule has 0 amide bonds. The van der Waals surface area contributed by atoms with Crippen molar-refractivity contribution in [3.8, 4) is 5.75 Å². The molecule has 1 aromatic carbocycles. The Kier molecular flexibility index (Phi) is 5.92. The molecule has 0 N–H and O–H groups in total. The van der Waals surface area contributed by atoms with Crippen LogP contribution in [0.5, 0.6) is 5.75 Å². The molecule has 0 radical (unpaired) electrons. The zero-order valence-electron chi connectivity index (χ0n) is 13.3. The highest BCUT2D eigenvalue weighted by Crippen LogP contribution is 2.39. The molecule has 2 nitrogen and oxygen atoms in total. The number of ether oxygens (including phenoxy) is 1. The zero-order chi connectivity index (χ0) is 16.1. The van der Waals surface area contributed by atoms with Gasteiger partial charge in [0.2, 0.25) is 5.75 Å². The van der Waals surface area contributed by atoms with E-state index in [9.17, 15) is 13.6 Å². The van der Waals surface area contributed by atoms with Crippen molar-refractivity contribution in [3.63, 3.8) is 0 Å². The van der Waals surface area contributed by atoms with Crippen molar-refractivity contribution < 1.29 is 18.3 Å². The molecule has 122 valence electrons. The predicted octanol–water partition coefficient (Wildman–Crippen LogP) is 5.35. The Morgan fingerprint density at radius 2 is 1.77 bits per heavy atom. The first-order valence-corrected chi connectivity index (χ1v) is 8.18. The highest BCUT2D eigenvalue weighted by atomic mass is 19.1. The second-order valence-corrected chi connectivity index (χ2v) is 6.27. The lowest BCUT2D eigenvalue weighted by atomic mass is 9.77. The number of esters is 1. The van der Waals surface area contributed by atoms with Gasteiger partial charge in [-0.05, 0) is 55.2 Å². The number of halogens is 2. The predicted molar refractivity (Wildman–Crippen MR) is 81.9 cm³/mol. The van der Waals surface area contributed by atoms with Gasteiger partial charge in [0.05, 0.1) is 0 Å². The number of benzene rings is 1. The van der Waals surface area contributed by atoms with Gasteiger partial charge in [-0.1, -0.05) is 26.2 Å². The van der Waals surface area contributed by atoms with Crippen LogP contribution in [0, 0.1) is 17.6 Å². The first-order valence-electron chi connectivity index (χ1n) is 8.18. The summed E-state index contributed by atoms with van der Waals surface area (Å²) in [5, 5.41) is 0. The van der Waals surface area contributed by atoms with Crippen molar-refractivity contribution in [2.45, 2.75) is 64.7 Å². The van der Waals surface area contributed by atoms with E-state index >= 15 is 0 Å². The van der Waals surface area contributed by atoms with Crippen molar-refractivity contribution in [1.82, 2.24) is 0 Å². The van der Waals surface area contributed by atoms with Crippen LogP contribution in [-0.4, -0.2) is 5.97 Å². The Labute approximate surface area is 130 Å². The van der Waals surface area contributed by atoms with Gasteiger partial charge in [0.25, 0.3) is 0 Å². The minimum atomic E-state index is -0.793. The molecule has 1 aliphatic carbocycles. The largest absolute Gasteiger partial charge is 0.420 e. The van der Waals surface area contributed by atoms with Crippen LogP contribution in [0.3, 0.4) is 0 Å². The summed E-state index contributed by atoms with van der Waals surface area (Å²) < 4.78 is 32.5. The van der Waals surface area contributed by atoms with Crippen molar-refractivity contribution in [3.05, 3.63) is 29.3 Å². The minimum Gasteiger partial charge on any atom is -0.420 e. The first-order chi connectivity index (χ1) is 10.5. The standard InChI is InChI=1S/C18H24F2O2/c1-3-4-5-13-6-8-14(9-7-13)15-10-16(19)18(17(20)11-15)22-12(2)21/h10-11,13-14H,3-9H2,1-2H3/t13-,14-. The summed E-state index contributed by atoms with van der Waals surface area (Å²) in [4.78, 5) is 10.9. The van der Waals surface area contributed by atoms with Gasteiger partial charge in [-0.25, -0.2) is 8.78 Å². The van der Waals surface area contributed by atoms with E-state index in [1.54, 1.807) is 0 Å². The van der Waals surface area contributed by atoms with Crippen LogP contribution >= 0.6 is 0 Å². The molecular weight excluding hydrogens is 286 g/mol. The molecule has 0 spiro atoms. The fraction of sp³-hybridized carbons (Fsp3) is 0.611. The molecule has 0 atom stereocenters. The molecule has 1 aromatic rings. The highest BCUT2D eigenvalue weighted by Gasteiger charge is 2.24. The van der Waals surface area contributed by atoms with E-state index in [1.807, 2.05) is 0 Å². The fourth-order valence-corrected chi connectivity index (χ4v) is 3.33. The van der Waals surface area contributed by atoms with Crippen molar-refractivity contribution >= 4 is 5.97 Å². The molecule has 1 aliphatic rings. The topological polar surface area (TPSA) is 26.3 Å². The van der Waals surface area contributed by atoms with E-state index in [2.05, 4.69) is 11.7 Å². The van der Waals surface area contributed by atoms with Crippen molar-refractivity contribution in [2.24, 2.45) is 5.92 Å². The van der Waals surface area contributed by atoms with E-state index in [0.29, 0.717) is 5.56 Å². The number of rotatable bonds is 5. The lowest BCUT2D eigenvalue weighted by Gasteiger charge is -2.29. The van der Waals surface area contributed by atoms with Crippen LogP contribution in [0.4, 0.5) is 8.78 Å². The van der Waals surface area contributed by atoms with Crippen molar-refractivity contribution in [1.29, 1.82) is 0 Å². The second-order valence-electron chi connectivity index (χ2n) is 6.27. The summed E-state index contributed by atoms with van der Waals surface area (Å²) in [5.74, 6) is -1.94. The molecule has 0 unspecified atom stereocenters. The van der Waals surface area contributed by atoms with E-state index in [0.717, 1.165) is 38.5 Å². The second kappa shape index (κ2) is 7.70. The summed E-state index contributed by atoms with van der Waals surface area (Å²) in [7, 11) is 0. The molecule has 0 aliphatic heterocycles. The quantitative estimate of drug-likeness (QED) is 0.541. The van der Waals surface area contributed by atoms with Crippen molar-refractivity contribution in [2.75, 3.05) is 0 Å².